The van der Waals surface area contributed by atoms with Gasteiger partial charge in [0, 0.05) is 25.6 Å². The Morgan fingerprint density at radius 2 is 1.94 bits per heavy atom. The van der Waals surface area contributed by atoms with Gasteiger partial charge in [-0.25, -0.2) is 0 Å². The Morgan fingerprint density at radius 1 is 1.12 bits per heavy atom. The van der Waals surface area contributed by atoms with Crippen molar-refractivity contribution in [1.29, 1.82) is 0 Å². The predicted molar refractivity (Wildman–Crippen MR) is 67.9 cm³/mol. The smallest absolute Gasteiger partial charge is 0.149 e. The lowest BCUT2D eigenvalue weighted by Gasteiger charge is -2.41. The van der Waals surface area contributed by atoms with Gasteiger partial charge < -0.3 is 5.11 Å². The molecule has 2 saturated carbocycles. The van der Waals surface area contributed by atoms with Crippen molar-refractivity contribution >= 4 is 5.78 Å². The molecule has 3 heteroatoms. The molecule has 3 nitrogen and oxygen atoms in total. The van der Waals surface area contributed by atoms with Gasteiger partial charge in [0.2, 0.25) is 0 Å². The van der Waals surface area contributed by atoms with Crippen molar-refractivity contribution < 1.29 is 9.90 Å². The van der Waals surface area contributed by atoms with E-state index in [1.54, 1.807) is 0 Å². The predicted octanol–water partition coefficient (Wildman–Crippen LogP) is 2.13. The second-order valence-electron chi connectivity index (χ2n) is 5.48. The van der Waals surface area contributed by atoms with Gasteiger partial charge in [-0.2, -0.15) is 0 Å². The number of aliphatic hydroxyl groups excluding tert-OH is 1. The summed E-state index contributed by atoms with van der Waals surface area (Å²) >= 11 is 0. The van der Waals surface area contributed by atoms with Gasteiger partial charge >= 0.3 is 0 Å². The third-order valence-electron chi connectivity index (χ3n) is 4.29. The summed E-state index contributed by atoms with van der Waals surface area (Å²) in [6, 6.07) is 0.781. The molecule has 0 aliphatic heterocycles. The zero-order valence-electron chi connectivity index (χ0n) is 10.7. The molecular formula is C14H25NO2. The highest BCUT2D eigenvalue weighted by atomic mass is 16.3. The van der Waals surface area contributed by atoms with Crippen LogP contribution in [0.5, 0.6) is 0 Å². The van der Waals surface area contributed by atoms with Gasteiger partial charge in [-0.1, -0.05) is 19.3 Å². The molecule has 0 aromatic rings. The molecule has 0 amide bonds. The summed E-state index contributed by atoms with van der Waals surface area (Å²) in [5.41, 5.74) is 0. The van der Waals surface area contributed by atoms with Crippen LogP contribution in [0.25, 0.3) is 0 Å². The monoisotopic (exact) mass is 239 g/mol. The van der Waals surface area contributed by atoms with Crippen LogP contribution in [0, 0.1) is 0 Å². The van der Waals surface area contributed by atoms with Gasteiger partial charge in [0.25, 0.3) is 0 Å². The maximum Gasteiger partial charge on any atom is 0.149 e. The second kappa shape index (κ2) is 6.50. The molecule has 98 valence electrons. The van der Waals surface area contributed by atoms with Gasteiger partial charge in [0.1, 0.15) is 5.78 Å². The van der Waals surface area contributed by atoms with Crippen molar-refractivity contribution in [3.05, 3.63) is 0 Å². The van der Waals surface area contributed by atoms with E-state index in [1.807, 2.05) is 0 Å². The molecule has 2 aliphatic rings. The number of Topliss-reactive ketones (excluding diaryl/α,β-unsaturated/α-hetero) is 1. The molecule has 0 spiro atoms. The van der Waals surface area contributed by atoms with Crippen molar-refractivity contribution in [1.82, 2.24) is 4.90 Å². The molecule has 2 aliphatic carbocycles. The summed E-state index contributed by atoms with van der Waals surface area (Å²) in [6.07, 6.45) is 9.90. The van der Waals surface area contributed by atoms with Crippen molar-refractivity contribution in [3.63, 3.8) is 0 Å². The fourth-order valence-electron chi connectivity index (χ4n) is 3.06. The zero-order valence-corrected chi connectivity index (χ0v) is 10.7. The Hall–Kier alpha value is -0.410. The molecule has 17 heavy (non-hydrogen) atoms. The third kappa shape index (κ3) is 3.29. The largest absolute Gasteiger partial charge is 0.396 e. The van der Waals surface area contributed by atoms with Crippen molar-refractivity contribution in [2.45, 2.75) is 69.9 Å². The highest BCUT2D eigenvalue weighted by molar-refractivity contribution is 5.84. The zero-order chi connectivity index (χ0) is 12.1. The highest BCUT2D eigenvalue weighted by Gasteiger charge is 2.34. The maximum absolute atomic E-state index is 12.2. The summed E-state index contributed by atoms with van der Waals surface area (Å²) in [6.45, 7) is 1.14. The minimum Gasteiger partial charge on any atom is -0.396 e. The minimum atomic E-state index is 0.161. The fraction of sp³-hybridized carbons (Fsp3) is 0.929. The van der Waals surface area contributed by atoms with Crippen LogP contribution in [0.15, 0.2) is 0 Å². The molecule has 2 rings (SSSR count). The highest BCUT2D eigenvalue weighted by Crippen LogP contribution is 2.30. The van der Waals surface area contributed by atoms with Gasteiger partial charge in [-0.05, 0) is 32.1 Å². The number of nitrogens with zero attached hydrogens (tertiary/aromatic N) is 1. The molecule has 0 heterocycles. The minimum absolute atomic E-state index is 0.161. The number of hydrogen-bond donors (Lipinski definition) is 1. The summed E-state index contributed by atoms with van der Waals surface area (Å²) in [5.74, 6) is 0.451. The van der Waals surface area contributed by atoms with Crippen molar-refractivity contribution in [2.24, 2.45) is 0 Å². The number of hydrogen-bond acceptors (Lipinski definition) is 3. The summed E-state index contributed by atoms with van der Waals surface area (Å²) in [7, 11) is 0. The van der Waals surface area contributed by atoms with Crippen LogP contribution >= 0.6 is 0 Å². The number of ketones is 1. The van der Waals surface area contributed by atoms with E-state index < -0.39 is 0 Å². The van der Waals surface area contributed by atoms with Crippen LogP contribution in [0.2, 0.25) is 0 Å². The number of rotatable bonds is 5. The van der Waals surface area contributed by atoms with E-state index in [9.17, 15) is 4.79 Å². The molecule has 2 fully saturated rings. The SMILES string of the molecule is O=C1CCCCCC1N(CCCO)C1CCC1. The first-order chi connectivity index (χ1) is 8.33. The number of carbonyl (C=O) groups is 1. The van der Waals surface area contributed by atoms with Crippen LogP contribution in [0.3, 0.4) is 0 Å². The van der Waals surface area contributed by atoms with Crippen LogP contribution in [0.4, 0.5) is 0 Å². The van der Waals surface area contributed by atoms with Crippen LogP contribution < -0.4 is 0 Å². The van der Waals surface area contributed by atoms with Gasteiger partial charge in [0.05, 0.1) is 6.04 Å². The van der Waals surface area contributed by atoms with Gasteiger partial charge in [-0.3, -0.25) is 9.69 Å². The maximum atomic E-state index is 12.2. The first kappa shape index (κ1) is 13.0. The second-order valence-corrected chi connectivity index (χ2v) is 5.48. The van der Waals surface area contributed by atoms with Gasteiger partial charge in [-0.15, -0.1) is 0 Å². The summed E-state index contributed by atoms with van der Waals surface area (Å²) < 4.78 is 0. The Kier molecular flexibility index (Phi) is 4.99. The molecule has 1 atom stereocenters. The molecule has 1 N–H and O–H groups in total. The Balaban J connectivity index is 1.98. The molecule has 0 aromatic carbocycles. The normalized spacial score (nSPS) is 26.9. The van der Waals surface area contributed by atoms with E-state index in [-0.39, 0.29) is 12.6 Å². The molecule has 0 bridgehead atoms. The molecule has 0 aromatic heterocycles. The van der Waals surface area contributed by atoms with E-state index in [0.29, 0.717) is 11.8 Å². The lowest BCUT2D eigenvalue weighted by molar-refractivity contribution is -0.126. The average molecular weight is 239 g/mol. The van der Waals surface area contributed by atoms with E-state index >= 15 is 0 Å². The first-order valence-corrected chi connectivity index (χ1v) is 7.22. The molecular weight excluding hydrogens is 214 g/mol. The average Bonchev–Trinajstić information content (AvgIpc) is 2.46. The van der Waals surface area contributed by atoms with E-state index in [4.69, 9.17) is 5.11 Å². The van der Waals surface area contributed by atoms with Gasteiger partial charge in [0.15, 0.2) is 0 Å². The van der Waals surface area contributed by atoms with Crippen molar-refractivity contribution in [3.8, 4) is 0 Å². The fourth-order valence-corrected chi connectivity index (χ4v) is 3.06. The molecule has 0 radical (unpaired) electrons. The lowest BCUT2D eigenvalue weighted by Crippen LogP contribution is -2.50. The Morgan fingerprint density at radius 3 is 2.59 bits per heavy atom. The number of carbonyl (C=O) groups excluding carboxylic acids is 1. The summed E-state index contributed by atoms with van der Waals surface area (Å²) in [4.78, 5) is 14.6. The molecule has 1 unspecified atom stereocenters. The van der Waals surface area contributed by atoms with Crippen LogP contribution in [-0.2, 0) is 4.79 Å². The third-order valence-corrected chi connectivity index (χ3v) is 4.29. The standard InChI is InChI=1S/C14H25NO2/c16-11-5-10-15(12-6-4-7-12)13-8-2-1-3-9-14(13)17/h12-13,16H,1-11H2. The number of aliphatic hydroxyl groups is 1. The quantitative estimate of drug-likeness (QED) is 0.747. The van der Waals surface area contributed by atoms with Crippen LogP contribution in [0.1, 0.15) is 57.8 Å². The summed E-state index contributed by atoms with van der Waals surface area (Å²) in [5, 5.41) is 9.00. The van der Waals surface area contributed by atoms with E-state index in [0.717, 1.165) is 32.2 Å². The van der Waals surface area contributed by atoms with Crippen LogP contribution in [-0.4, -0.2) is 41.0 Å². The topological polar surface area (TPSA) is 40.5 Å². The molecule has 0 saturated heterocycles. The Bertz CT molecular complexity index is 251. The Labute approximate surface area is 104 Å². The van der Waals surface area contributed by atoms with Crippen molar-refractivity contribution in [2.75, 3.05) is 13.2 Å². The first-order valence-electron chi connectivity index (χ1n) is 7.22. The lowest BCUT2D eigenvalue weighted by atomic mass is 9.88. The van der Waals surface area contributed by atoms with E-state index in [1.165, 1.54) is 32.1 Å². The van der Waals surface area contributed by atoms with E-state index in [2.05, 4.69) is 4.90 Å².